The van der Waals surface area contributed by atoms with E-state index in [4.69, 9.17) is 4.74 Å². The van der Waals surface area contributed by atoms with Crippen LogP contribution in [0.1, 0.15) is 19.4 Å². The van der Waals surface area contributed by atoms with Gasteiger partial charge in [0, 0.05) is 16.2 Å². The van der Waals surface area contributed by atoms with Crippen LogP contribution in [0.2, 0.25) is 0 Å². The number of carbonyl (C=O) groups is 1. The summed E-state index contributed by atoms with van der Waals surface area (Å²) in [4.78, 5) is 15.3. The monoisotopic (exact) mass is 528 g/mol. The Hall–Kier alpha value is -2.84. The molecule has 33 heavy (non-hydrogen) atoms. The maximum atomic E-state index is 13.6. The van der Waals surface area contributed by atoms with Crippen LogP contribution in [0.5, 0.6) is 5.75 Å². The lowest BCUT2D eigenvalue weighted by atomic mass is 10.1. The SMILES string of the molecule is CCOc1ccc(N(CC(=O)N2c3ccccc3C[C@@H]2C)S(=O)(=O)c2ccc(Br)cc2)cc1. The van der Waals surface area contributed by atoms with Crippen LogP contribution in [-0.2, 0) is 21.2 Å². The number of fused-ring (bicyclic) bond motifs is 1. The average Bonchev–Trinajstić information content (AvgIpc) is 3.14. The second-order valence-corrected chi connectivity index (χ2v) is 10.6. The number of benzene rings is 3. The van der Waals surface area contributed by atoms with Crippen molar-refractivity contribution in [1.29, 1.82) is 0 Å². The van der Waals surface area contributed by atoms with Gasteiger partial charge in [0.15, 0.2) is 0 Å². The molecular formula is C25H25BrN2O4S. The molecular weight excluding hydrogens is 504 g/mol. The maximum Gasteiger partial charge on any atom is 0.264 e. The van der Waals surface area contributed by atoms with Crippen LogP contribution < -0.4 is 13.9 Å². The molecule has 4 rings (SSSR count). The van der Waals surface area contributed by atoms with Crippen molar-refractivity contribution in [3.8, 4) is 5.75 Å². The fourth-order valence-electron chi connectivity index (χ4n) is 4.07. The third kappa shape index (κ3) is 4.77. The zero-order valence-electron chi connectivity index (χ0n) is 18.4. The molecule has 1 aliphatic heterocycles. The first kappa shape index (κ1) is 23.3. The molecule has 0 radical (unpaired) electrons. The van der Waals surface area contributed by atoms with Crippen molar-refractivity contribution in [3.05, 3.63) is 82.8 Å². The van der Waals surface area contributed by atoms with Gasteiger partial charge < -0.3 is 9.64 Å². The van der Waals surface area contributed by atoms with E-state index in [0.717, 1.165) is 22.1 Å². The molecule has 172 valence electrons. The molecule has 0 N–H and O–H groups in total. The average molecular weight is 529 g/mol. The number of para-hydroxylation sites is 1. The molecule has 0 fully saturated rings. The molecule has 3 aromatic carbocycles. The van der Waals surface area contributed by atoms with Crippen LogP contribution in [0.4, 0.5) is 11.4 Å². The molecule has 0 bridgehead atoms. The lowest BCUT2D eigenvalue weighted by Crippen LogP contribution is -2.45. The van der Waals surface area contributed by atoms with Crippen molar-refractivity contribution < 1.29 is 17.9 Å². The highest BCUT2D eigenvalue weighted by molar-refractivity contribution is 9.10. The molecule has 3 aromatic rings. The van der Waals surface area contributed by atoms with Gasteiger partial charge in [-0.25, -0.2) is 8.42 Å². The van der Waals surface area contributed by atoms with Crippen LogP contribution in [0.25, 0.3) is 0 Å². The van der Waals surface area contributed by atoms with Crippen molar-refractivity contribution in [3.63, 3.8) is 0 Å². The van der Waals surface area contributed by atoms with E-state index < -0.39 is 10.0 Å². The van der Waals surface area contributed by atoms with Gasteiger partial charge in [0.2, 0.25) is 5.91 Å². The first-order valence-corrected chi connectivity index (χ1v) is 13.0. The van der Waals surface area contributed by atoms with E-state index >= 15 is 0 Å². The Morgan fingerprint density at radius 2 is 1.73 bits per heavy atom. The molecule has 1 amide bonds. The fourth-order valence-corrected chi connectivity index (χ4v) is 5.75. The number of amides is 1. The van der Waals surface area contributed by atoms with Crippen molar-refractivity contribution in [2.24, 2.45) is 0 Å². The number of anilines is 2. The number of sulfonamides is 1. The second-order valence-electron chi connectivity index (χ2n) is 7.84. The van der Waals surface area contributed by atoms with Gasteiger partial charge in [-0.3, -0.25) is 9.10 Å². The highest BCUT2D eigenvalue weighted by Gasteiger charge is 2.34. The zero-order chi connectivity index (χ0) is 23.6. The number of halogens is 1. The van der Waals surface area contributed by atoms with E-state index in [2.05, 4.69) is 15.9 Å². The Bertz CT molecular complexity index is 1240. The molecule has 6 nitrogen and oxygen atoms in total. The Morgan fingerprint density at radius 3 is 2.39 bits per heavy atom. The number of ether oxygens (including phenoxy) is 1. The molecule has 1 heterocycles. The molecule has 1 atom stereocenters. The van der Waals surface area contributed by atoms with Crippen LogP contribution in [0, 0.1) is 0 Å². The van der Waals surface area contributed by atoms with E-state index in [1.54, 1.807) is 41.3 Å². The third-order valence-corrected chi connectivity index (χ3v) is 7.91. The van der Waals surface area contributed by atoms with Crippen LogP contribution in [0.3, 0.4) is 0 Å². The maximum absolute atomic E-state index is 13.6. The Labute approximate surface area is 203 Å². The number of hydrogen-bond acceptors (Lipinski definition) is 4. The predicted molar refractivity (Wildman–Crippen MR) is 133 cm³/mol. The van der Waals surface area contributed by atoms with Gasteiger partial charge >= 0.3 is 0 Å². The minimum Gasteiger partial charge on any atom is -0.494 e. The van der Waals surface area contributed by atoms with Gasteiger partial charge in [0.25, 0.3) is 10.0 Å². The third-order valence-electron chi connectivity index (χ3n) is 5.59. The Morgan fingerprint density at radius 1 is 1.06 bits per heavy atom. The highest BCUT2D eigenvalue weighted by atomic mass is 79.9. The smallest absolute Gasteiger partial charge is 0.264 e. The second kappa shape index (κ2) is 9.57. The highest BCUT2D eigenvalue weighted by Crippen LogP contribution is 2.33. The summed E-state index contributed by atoms with van der Waals surface area (Å²) in [6.45, 7) is 4.05. The topological polar surface area (TPSA) is 66.9 Å². The standard InChI is InChI=1S/C25H25BrN2O4S/c1-3-32-22-12-10-21(11-13-22)27(33(30,31)23-14-8-20(26)9-15-23)17-25(29)28-18(2)16-19-6-4-5-7-24(19)28/h4-15,18H,3,16-17H2,1-2H3/t18-/m0/s1. The summed E-state index contributed by atoms with van der Waals surface area (Å²) in [6, 6.07) is 20.8. The Balaban J connectivity index is 1.71. The molecule has 0 aromatic heterocycles. The van der Waals surface area contributed by atoms with Crippen molar-refractivity contribution in [2.45, 2.75) is 31.2 Å². The summed E-state index contributed by atoms with van der Waals surface area (Å²) in [6.07, 6.45) is 0.741. The largest absolute Gasteiger partial charge is 0.494 e. The Kier molecular flexibility index (Phi) is 6.76. The predicted octanol–water partition coefficient (Wildman–Crippen LogP) is 5.02. The van der Waals surface area contributed by atoms with Gasteiger partial charge in [-0.1, -0.05) is 34.1 Å². The lowest BCUT2D eigenvalue weighted by molar-refractivity contribution is -0.117. The van der Waals surface area contributed by atoms with Crippen molar-refractivity contribution >= 4 is 43.2 Å². The van der Waals surface area contributed by atoms with Gasteiger partial charge in [-0.15, -0.1) is 0 Å². The molecule has 0 aliphatic carbocycles. The van der Waals surface area contributed by atoms with E-state index in [0.29, 0.717) is 18.0 Å². The molecule has 8 heteroatoms. The molecule has 0 spiro atoms. The van der Waals surface area contributed by atoms with Gasteiger partial charge in [-0.2, -0.15) is 0 Å². The summed E-state index contributed by atoms with van der Waals surface area (Å²) < 4.78 is 34.7. The quantitative estimate of drug-likeness (QED) is 0.431. The number of hydrogen-bond donors (Lipinski definition) is 0. The summed E-state index contributed by atoms with van der Waals surface area (Å²) in [5.74, 6) is 0.359. The van der Waals surface area contributed by atoms with E-state index in [1.165, 1.54) is 16.4 Å². The molecule has 1 aliphatic rings. The normalized spacial score (nSPS) is 15.2. The van der Waals surface area contributed by atoms with E-state index in [-0.39, 0.29) is 23.4 Å². The first-order valence-electron chi connectivity index (χ1n) is 10.7. The molecule has 0 unspecified atom stereocenters. The number of rotatable bonds is 7. The summed E-state index contributed by atoms with van der Waals surface area (Å²) in [5.41, 5.74) is 2.32. The zero-order valence-corrected chi connectivity index (χ0v) is 20.8. The van der Waals surface area contributed by atoms with Gasteiger partial charge in [0.1, 0.15) is 12.3 Å². The number of carbonyl (C=O) groups excluding carboxylic acids is 1. The van der Waals surface area contributed by atoms with E-state index in [1.807, 2.05) is 38.1 Å². The van der Waals surface area contributed by atoms with Crippen molar-refractivity contribution in [2.75, 3.05) is 22.4 Å². The lowest BCUT2D eigenvalue weighted by Gasteiger charge is -2.29. The van der Waals surface area contributed by atoms with E-state index in [9.17, 15) is 13.2 Å². The van der Waals surface area contributed by atoms with Gasteiger partial charge in [-0.05, 0) is 80.4 Å². The molecule has 0 saturated carbocycles. The minimum absolute atomic E-state index is 0.0486. The van der Waals surface area contributed by atoms with Crippen LogP contribution in [0.15, 0.2) is 82.2 Å². The minimum atomic E-state index is -3.99. The van der Waals surface area contributed by atoms with Gasteiger partial charge in [0.05, 0.1) is 17.2 Å². The van der Waals surface area contributed by atoms with Crippen molar-refractivity contribution in [1.82, 2.24) is 0 Å². The van der Waals surface area contributed by atoms with Crippen LogP contribution in [-0.4, -0.2) is 33.5 Å². The summed E-state index contributed by atoms with van der Waals surface area (Å²) in [5, 5.41) is 0. The summed E-state index contributed by atoms with van der Waals surface area (Å²) in [7, 11) is -3.99. The fraction of sp³-hybridized carbons (Fsp3) is 0.240. The molecule has 0 saturated heterocycles. The van der Waals surface area contributed by atoms with Crippen LogP contribution >= 0.6 is 15.9 Å². The first-order chi connectivity index (χ1) is 15.8. The number of nitrogens with zero attached hydrogens (tertiary/aromatic N) is 2. The summed E-state index contributed by atoms with van der Waals surface area (Å²) >= 11 is 3.34.